The Kier molecular flexibility index (Phi) is 3.98. The topological polar surface area (TPSA) is 75.6 Å². The molecule has 19 heavy (non-hydrogen) atoms. The molecule has 1 amide bonds. The van der Waals surface area contributed by atoms with Gasteiger partial charge in [-0.2, -0.15) is 13.2 Å². The van der Waals surface area contributed by atoms with E-state index in [-0.39, 0.29) is 0 Å². The average Bonchev–Trinajstić information content (AvgIpc) is 2.29. The van der Waals surface area contributed by atoms with Crippen LogP contribution >= 0.6 is 0 Å². The summed E-state index contributed by atoms with van der Waals surface area (Å²) in [6.45, 7) is 0. The molecule has 0 aromatic heterocycles. The predicted octanol–water partition coefficient (Wildman–Crippen LogP) is 2.03. The number of aromatic carboxylic acids is 1. The third kappa shape index (κ3) is 3.33. The van der Waals surface area contributed by atoms with Gasteiger partial charge in [0.2, 0.25) is 0 Å². The zero-order valence-electron chi connectivity index (χ0n) is 9.34. The molecule has 0 atom stereocenters. The van der Waals surface area contributed by atoms with Crippen LogP contribution in [0.1, 0.15) is 10.4 Å². The van der Waals surface area contributed by atoms with Crippen molar-refractivity contribution >= 4 is 17.6 Å². The Bertz CT molecular complexity index is 527. The zero-order valence-corrected chi connectivity index (χ0v) is 9.34. The number of ether oxygens (including phenoxy) is 1. The minimum absolute atomic E-state index is 0.430. The van der Waals surface area contributed by atoms with Gasteiger partial charge in [-0.3, -0.25) is 4.79 Å². The molecular weight excluding hydrogens is 274 g/mol. The van der Waals surface area contributed by atoms with Crippen molar-refractivity contribution in [2.75, 3.05) is 12.4 Å². The highest BCUT2D eigenvalue weighted by atomic mass is 19.4. The van der Waals surface area contributed by atoms with Crippen molar-refractivity contribution < 1.29 is 37.0 Å². The lowest BCUT2D eigenvalue weighted by Crippen LogP contribution is -2.30. The minimum Gasteiger partial charge on any atom is -0.494 e. The van der Waals surface area contributed by atoms with Gasteiger partial charge in [-0.25, -0.2) is 9.18 Å². The first-order valence-corrected chi connectivity index (χ1v) is 4.65. The largest absolute Gasteiger partial charge is 0.494 e. The first-order chi connectivity index (χ1) is 8.66. The van der Waals surface area contributed by atoms with Crippen molar-refractivity contribution in [3.63, 3.8) is 0 Å². The highest BCUT2D eigenvalue weighted by molar-refractivity contribution is 5.98. The van der Waals surface area contributed by atoms with Gasteiger partial charge in [-0.05, 0) is 6.07 Å². The minimum atomic E-state index is -5.16. The number of halogens is 4. The Labute approximate surface area is 103 Å². The van der Waals surface area contributed by atoms with Crippen molar-refractivity contribution in [3.05, 3.63) is 23.5 Å². The highest BCUT2D eigenvalue weighted by Crippen LogP contribution is 2.29. The van der Waals surface area contributed by atoms with E-state index in [4.69, 9.17) is 5.11 Å². The summed E-state index contributed by atoms with van der Waals surface area (Å²) in [7, 11) is 1.03. The SMILES string of the molecule is COc1cc(F)c(C(=O)O)cc1NC(=O)C(F)(F)F. The molecule has 1 aromatic carbocycles. The summed E-state index contributed by atoms with van der Waals surface area (Å²) in [5, 5.41) is 10.0. The summed E-state index contributed by atoms with van der Waals surface area (Å²) in [6, 6.07) is 1.11. The Morgan fingerprint density at radius 1 is 1.32 bits per heavy atom. The van der Waals surface area contributed by atoms with Gasteiger partial charge in [0.1, 0.15) is 11.6 Å². The average molecular weight is 281 g/mol. The van der Waals surface area contributed by atoms with Crippen LogP contribution in [0.4, 0.5) is 23.2 Å². The number of carbonyl (C=O) groups is 2. The third-order valence-electron chi connectivity index (χ3n) is 2.03. The van der Waals surface area contributed by atoms with Gasteiger partial charge in [-0.1, -0.05) is 0 Å². The number of carboxylic acids is 1. The van der Waals surface area contributed by atoms with Crippen molar-refractivity contribution in [1.29, 1.82) is 0 Å². The number of hydrogen-bond acceptors (Lipinski definition) is 3. The Hall–Kier alpha value is -2.32. The molecule has 0 saturated heterocycles. The van der Waals surface area contributed by atoms with Crippen LogP contribution in [0.25, 0.3) is 0 Å². The highest BCUT2D eigenvalue weighted by Gasteiger charge is 2.39. The first-order valence-electron chi connectivity index (χ1n) is 4.65. The lowest BCUT2D eigenvalue weighted by atomic mass is 10.1. The molecule has 104 valence electrons. The van der Waals surface area contributed by atoms with Crippen molar-refractivity contribution in [3.8, 4) is 5.75 Å². The monoisotopic (exact) mass is 281 g/mol. The number of carboxylic acid groups (broad SMARTS) is 1. The van der Waals surface area contributed by atoms with E-state index >= 15 is 0 Å². The second-order valence-corrected chi connectivity index (χ2v) is 3.29. The number of benzene rings is 1. The molecule has 0 fully saturated rings. The molecule has 0 aliphatic rings. The van der Waals surface area contributed by atoms with Gasteiger partial charge in [0.15, 0.2) is 0 Å². The summed E-state index contributed by atoms with van der Waals surface area (Å²) in [6.07, 6.45) is -5.16. The molecule has 5 nitrogen and oxygen atoms in total. The van der Waals surface area contributed by atoms with E-state index in [0.717, 1.165) is 7.11 Å². The Balaban J connectivity index is 3.22. The van der Waals surface area contributed by atoms with Crippen LogP contribution in [0.5, 0.6) is 5.75 Å². The predicted molar refractivity (Wildman–Crippen MR) is 54.6 cm³/mol. The molecule has 1 rings (SSSR count). The molecule has 0 aliphatic carbocycles. The standard InChI is InChI=1S/C10H7F4NO4/c1-19-7-3-5(11)4(8(16)17)2-6(7)15-9(18)10(12,13)14/h2-3H,1H3,(H,15,18)(H,16,17). The van der Waals surface area contributed by atoms with Crippen LogP contribution in [0.2, 0.25) is 0 Å². The molecule has 0 heterocycles. The number of alkyl halides is 3. The van der Waals surface area contributed by atoms with Crippen LogP contribution in [0, 0.1) is 5.82 Å². The number of rotatable bonds is 3. The van der Waals surface area contributed by atoms with Crippen LogP contribution < -0.4 is 10.1 Å². The Morgan fingerprint density at radius 3 is 2.32 bits per heavy atom. The van der Waals surface area contributed by atoms with Crippen LogP contribution in [-0.2, 0) is 4.79 Å². The number of anilines is 1. The smallest absolute Gasteiger partial charge is 0.471 e. The van der Waals surface area contributed by atoms with Crippen LogP contribution in [-0.4, -0.2) is 30.3 Å². The molecule has 1 aromatic rings. The second-order valence-electron chi connectivity index (χ2n) is 3.29. The van der Waals surface area contributed by atoms with E-state index in [1.165, 1.54) is 5.32 Å². The summed E-state index contributed by atoms with van der Waals surface area (Å²) < 4.78 is 54.0. The fraction of sp³-hybridized carbons (Fsp3) is 0.200. The normalized spacial score (nSPS) is 11.0. The van der Waals surface area contributed by atoms with E-state index in [2.05, 4.69) is 4.74 Å². The maximum atomic E-state index is 13.2. The van der Waals surface area contributed by atoms with Crippen molar-refractivity contribution in [2.24, 2.45) is 0 Å². The Morgan fingerprint density at radius 2 is 1.89 bits per heavy atom. The van der Waals surface area contributed by atoms with Crippen LogP contribution in [0.15, 0.2) is 12.1 Å². The van der Waals surface area contributed by atoms with E-state index < -0.39 is 40.9 Å². The lowest BCUT2D eigenvalue weighted by molar-refractivity contribution is -0.167. The van der Waals surface area contributed by atoms with E-state index in [1.54, 1.807) is 0 Å². The number of amides is 1. The number of nitrogens with one attached hydrogen (secondary N) is 1. The molecule has 0 unspecified atom stereocenters. The summed E-state index contributed by atoms with van der Waals surface area (Å²) in [5.74, 6) is -5.65. The van der Waals surface area contributed by atoms with Gasteiger partial charge < -0.3 is 15.2 Å². The van der Waals surface area contributed by atoms with E-state index in [1.807, 2.05) is 0 Å². The maximum Gasteiger partial charge on any atom is 0.471 e. The van der Waals surface area contributed by atoms with Gasteiger partial charge in [0.05, 0.1) is 18.4 Å². The lowest BCUT2D eigenvalue weighted by Gasteiger charge is -2.12. The third-order valence-corrected chi connectivity index (χ3v) is 2.03. The molecule has 0 bridgehead atoms. The maximum absolute atomic E-state index is 13.2. The van der Waals surface area contributed by atoms with Crippen LogP contribution in [0.3, 0.4) is 0 Å². The zero-order chi connectivity index (χ0) is 14.8. The van der Waals surface area contributed by atoms with Gasteiger partial charge in [0, 0.05) is 6.07 Å². The summed E-state index contributed by atoms with van der Waals surface area (Å²) >= 11 is 0. The molecule has 2 N–H and O–H groups in total. The number of carbonyl (C=O) groups excluding carboxylic acids is 1. The molecule has 0 aliphatic heterocycles. The van der Waals surface area contributed by atoms with Gasteiger partial charge >= 0.3 is 18.1 Å². The first kappa shape index (κ1) is 14.7. The van der Waals surface area contributed by atoms with Crippen molar-refractivity contribution in [1.82, 2.24) is 0 Å². The summed E-state index contributed by atoms with van der Waals surface area (Å²) in [4.78, 5) is 21.4. The van der Waals surface area contributed by atoms with Gasteiger partial charge in [0.25, 0.3) is 0 Å². The second kappa shape index (κ2) is 5.12. The number of methoxy groups -OCH3 is 1. The molecule has 0 saturated carbocycles. The molecular formula is C10H7F4NO4. The fourth-order valence-corrected chi connectivity index (χ4v) is 1.18. The molecule has 0 spiro atoms. The quantitative estimate of drug-likeness (QED) is 0.831. The van der Waals surface area contributed by atoms with E-state index in [9.17, 15) is 27.2 Å². The molecule has 9 heteroatoms. The van der Waals surface area contributed by atoms with Crippen molar-refractivity contribution in [2.45, 2.75) is 6.18 Å². The molecule has 0 radical (unpaired) electrons. The fourth-order valence-electron chi connectivity index (χ4n) is 1.18. The summed E-state index contributed by atoms with van der Waals surface area (Å²) in [5.41, 5.74) is -1.48. The number of hydrogen-bond donors (Lipinski definition) is 2. The van der Waals surface area contributed by atoms with E-state index in [0.29, 0.717) is 12.1 Å². The van der Waals surface area contributed by atoms with Gasteiger partial charge in [-0.15, -0.1) is 0 Å².